The number of carbonyl (C=O) groups is 1. The smallest absolute Gasteiger partial charge is 0.323 e. The van der Waals surface area contributed by atoms with Crippen LogP contribution in [0.2, 0.25) is 0 Å². The Morgan fingerprint density at radius 3 is 2.58 bits per heavy atom. The normalized spacial score (nSPS) is 15.5. The summed E-state index contributed by atoms with van der Waals surface area (Å²) >= 11 is 0. The van der Waals surface area contributed by atoms with Gasteiger partial charge >= 0.3 is 6.03 Å². The summed E-state index contributed by atoms with van der Waals surface area (Å²) in [5.74, 6) is 0.312. The quantitative estimate of drug-likeness (QED) is 0.798. The van der Waals surface area contributed by atoms with E-state index in [1.807, 2.05) is 13.8 Å². The van der Waals surface area contributed by atoms with Crippen molar-refractivity contribution in [3.05, 3.63) is 6.33 Å². The average molecular weight is 286 g/mol. The first-order valence-electron chi connectivity index (χ1n) is 6.41. The lowest BCUT2D eigenvalue weighted by Crippen LogP contribution is -2.34. The molecule has 1 aliphatic rings. The van der Waals surface area contributed by atoms with Crippen LogP contribution < -0.4 is 0 Å². The lowest BCUT2D eigenvalue weighted by molar-refractivity contribution is 0.201. The molecule has 1 aromatic heterocycles. The summed E-state index contributed by atoms with van der Waals surface area (Å²) in [7, 11) is -3.46. The highest BCUT2D eigenvalue weighted by Gasteiger charge is 2.31. The summed E-state index contributed by atoms with van der Waals surface area (Å²) in [5, 5.41) is 3.56. The van der Waals surface area contributed by atoms with Gasteiger partial charge in [0.05, 0.1) is 5.75 Å². The van der Waals surface area contributed by atoms with E-state index in [0.717, 1.165) is 17.5 Å². The second kappa shape index (κ2) is 5.28. The number of nitrogens with zero attached hydrogens (tertiary/aromatic N) is 4. The summed E-state index contributed by atoms with van der Waals surface area (Å²) < 4.78 is 24.9. The first-order chi connectivity index (χ1) is 8.97. The molecule has 0 unspecified atom stereocenters. The van der Waals surface area contributed by atoms with Crippen molar-refractivity contribution in [1.29, 1.82) is 0 Å². The fraction of sp³-hybridized carbons (Fsp3) is 0.727. The van der Waals surface area contributed by atoms with E-state index in [1.165, 1.54) is 6.33 Å². The van der Waals surface area contributed by atoms with Gasteiger partial charge in [0.2, 0.25) is 9.84 Å². The van der Waals surface area contributed by atoms with Crippen LogP contribution in [-0.2, 0) is 9.84 Å². The van der Waals surface area contributed by atoms with Crippen molar-refractivity contribution in [3.63, 3.8) is 0 Å². The van der Waals surface area contributed by atoms with Gasteiger partial charge in [-0.25, -0.2) is 18.2 Å². The SMILES string of the molecule is CCN(CC)C(=O)n1cnc(S(=O)(=O)CC2CC2)n1. The summed E-state index contributed by atoms with van der Waals surface area (Å²) in [6.45, 7) is 4.78. The van der Waals surface area contributed by atoms with Crippen LogP contribution in [0.25, 0.3) is 0 Å². The van der Waals surface area contributed by atoms with Crippen molar-refractivity contribution in [2.24, 2.45) is 5.92 Å². The maximum absolute atomic E-state index is 12.0. The number of amides is 1. The minimum atomic E-state index is -3.46. The summed E-state index contributed by atoms with van der Waals surface area (Å²) in [4.78, 5) is 17.3. The van der Waals surface area contributed by atoms with Crippen molar-refractivity contribution in [1.82, 2.24) is 19.7 Å². The molecule has 1 amide bonds. The van der Waals surface area contributed by atoms with E-state index in [-0.39, 0.29) is 22.9 Å². The standard InChI is InChI=1S/C11H18N4O3S/c1-3-14(4-2)11(16)15-8-12-10(13-15)19(17,18)7-9-5-6-9/h8-9H,3-7H2,1-2H3. The van der Waals surface area contributed by atoms with Gasteiger partial charge in [0.25, 0.3) is 5.16 Å². The first-order valence-corrected chi connectivity index (χ1v) is 8.06. The molecule has 1 saturated carbocycles. The Bertz CT molecular complexity index is 558. The van der Waals surface area contributed by atoms with Gasteiger partial charge in [-0.2, -0.15) is 4.68 Å². The van der Waals surface area contributed by atoms with Crippen LogP contribution in [0.5, 0.6) is 0 Å². The lowest BCUT2D eigenvalue weighted by Gasteiger charge is -2.17. The van der Waals surface area contributed by atoms with Crippen LogP contribution >= 0.6 is 0 Å². The first kappa shape index (κ1) is 14.0. The summed E-state index contributed by atoms with van der Waals surface area (Å²) in [6.07, 6.45) is 3.05. The Morgan fingerprint density at radius 2 is 2.05 bits per heavy atom. The number of sulfone groups is 1. The highest BCUT2D eigenvalue weighted by molar-refractivity contribution is 7.91. The van der Waals surface area contributed by atoms with E-state index in [4.69, 9.17) is 0 Å². The van der Waals surface area contributed by atoms with Crippen LogP contribution in [0.3, 0.4) is 0 Å². The fourth-order valence-corrected chi connectivity index (χ4v) is 3.31. The molecule has 0 atom stereocenters. The average Bonchev–Trinajstić information content (AvgIpc) is 3.01. The Morgan fingerprint density at radius 1 is 1.42 bits per heavy atom. The zero-order chi connectivity index (χ0) is 14.0. The monoisotopic (exact) mass is 286 g/mol. The van der Waals surface area contributed by atoms with E-state index < -0.39 is 9.84 Å². The fourth-order valence-electron chi connectivity index (χ4n) is 1.79. The number of rotatable bonds is 5. The molecule has 1 aromatic rings. The largest absolute Gasteiger partial charge is 0.346 e. The van der Waals surface area contributed by atoms with Gasteiger partial charge in [-0.1, -0.05) is 0 Å². The van der Waals surface area contributed by atoms with E-state index in [9.17, 15) is 13.2 Å². The molecule has 1 fully saturated rings. The molecule has 1 aliphatic carbocycles. The maximum atomic E-state index is 12.0. The van der Waals surface area contributed by atoms with Crippen LogP contribution in [0.1, 0.15) is 26.7 Å². The van der Waals surface area contributed by atoms with Crippen molar-refractivity contribution in [2.75, 3.05) is 18.8 Å². The predicted molar refractivity (Wildman–Crippen MR) is 68.5 cm³/mol. The van der Waals surface area contributed by atoms with Gasteiger partial charge in [-0.05, 0) is 32.6 Å². The third kappa shape index (κ3) is 3.12. The molecule has 1 heterocycles. The number of hydrogen-bond acceptors (Lipinski definition) is 5. The van der Waals surface area contributed by atoms with E-state index >= 15 is 0 Å². The Balaban J connectivity index is 2.16. The van der Waals surface area contributed by atoms with Gasteiger partial charge in [0.1, 0.15) is 6.33 Å². The Labute approximate surface area is 112 Å². The van der Waals surface area contributed by atoms with Crippen LogP contribution in [0.4, 0.5) is 4.79 Å². The molecular formula is C11H18N4O3S. The third-order valence-corrected chi connectivity index (χ3v) is 4.78. The zero-order valence-corrected chi connectivity index (χ0v) is 11.9. The van der Waals surface area contributed by atoms with Crippen molar-refractivity contribution in [3.8, 4) is 0 Å². The molecular weight excluding hydrogens is 268 g/mol. The molecule has 0 spiro atoms. The van der Waals surface area contributed by atoms with Crippen molar-refractivity contribution >= 4 is 15.9 Å². The van der Waals surface area contributed by atoms with Crippen molar-refractivity contribution in [2.45, 2.75) is 31.8 Å². The topological polar surface area (TPSA) is 85.2 Å². The third-order valence-electron chi connectivity index (χ3n) is 3.13. The highest BCUT2D eigenvalue weighted by Crippen LogP contribution is 2.31. The van der Waals surface area contributed by atoms with Gasteiger partial charge in [-0.3, -0.25) is 0 Å². The molecule has 0 N–H and O–H groups in total. The Hall–Kier alpha value is -1.44. The minimum absolute atomic E-state index is 0.0798. The molecule has 0 aromatic carbocycles. The van der Waals surface area contributed by atoms with Gasteiger partial charge in [0.15, 0.2) is 0 Å². The zero-order valence-electron chi connectivity index (χ0n) is 11.1. The van der Waals surface area contributed by atoms with Gasteiger partial charge in [-0.15, -0.1) is 5.10 Å². The van der Waals surface area contributed by atoms with Crippen molar-refractivity contribution < 1.29 is 13.2 Å². The van der Waals surface area contributed by atoms with Crippen LogP contribution in [-0.4, -0.2) is 53.0 Å². The van der Waals surface area contributed by atoms with Gasteiger partial charge in [0, 0.05) is 13.1 Å². The molecule has 2 rings (SSSR count). The number of hydrogen-bond donors (Lipinski definition) is 0. The molecule has 7 nitrogen and oxygen atoms in total. The Kier molecular flexibility index (Phi) is 3.88. The molecule has 0 bridgehead atoms. The highest BCUT2D eigenvalue weighted by atomic mass is 32.2. The van der Waals surface area contributed by atoms with Crippen LogP contribution in [0, 0.1) is 5.92 Å². The number of aromatic nitrogens is 3. The molecule has 0 saturated heterocycles. The molecule has 0 radical (unpaired) electrons. The molecule has 19 heavy (non-hydrogen) atoms. The maximum Gasteiger partial charge on any atom is 0.346 e. The van der Waals surface area contributed by atoms with E-state index in [0.29, 0.717) is 13.1 Å². The van der Waals surface area contributed by atoms with E-state index in [2.05, 4.69) is 10.1 Å². The minimum Gasteiger partial charge on any atom is -0.323 e. The number of carbonyl (C=O) groups excluding carboxylic acids is 1. The summed E-state index contributed by atoms with van der Waals surface area (Å²) in [5.41, 5.74) is 0. The molecule has 8 heteroatoms. The van der Waals surface area contributed by atoms with Crippen LogP contribution in [0.15, 0.2) is 11.5 Å². The predicted octanol–water partition coefficient (Wildman–Crippen LogP) is 0.772. The lowest BCUT2D eigenvalue weighted by atomic mass is 10.5. The molecule has 0 aliphatic heterocycles. The summed E-state index contributed by atoms with van der Waals surface area (Å²) in [6, 6.07) is -0.356. The second-order valence-electron chi connectivity index (χ2n) is 4.65. The molecule has 106 valence electrons. The van der Waals surface area contributed by atoms with E-state index in [1.54, 1.807) is 4.90 Å². The second-order valence-corrected chi connectivity index (χ2v) is 6.58. The van der Waals surface area contributed by atoms with Gasteiger partial charge < -0.3 is 4.90 Å².